The van der Waals surface area contributed by atoms with Crippen LogP contribution in [-0.4, -0.2) is 17.8 Å². The Kier molecular flexibility index (Phi) is 4.41. The summed E-state index contributed by atoms with van der Waals surface area (Å²) in [4.78, 5) is 0. The predicted molar refractivity (Wildman–Crippen MR) is 75.7 cm³/mol. The quantitative estimate of drug-likeness (QED) is 0.838. The zero-order chi connectivity index (χ0) is 13.1. The number of fused-ring (bicyclic) bond motifs is 1. The maximum Gasteiger partial charge on any atom is 0.0445 e. The second-order valence-electron chi connectivity index (χ2n) is 5.82. The van der Waals surface area contributed by atoms with Crippen LogP contribution < -0.4 is 5.32 Å². The summed E-state index contributed by atoms with van der Waals surface area (Å²) in [6.45, 7) is 6.87. The molecule has 1 aliphatic carbocycles. The minimum atomic E-state index is 0.267. The molecule has 2 atom stereocenters. The van der Waals surface area contributed by atoms with Crippen LogP contribution in [0.2, 0.25) is 0 Å². The lowest BCUT2D eigenvalue weighted by molar-refractivity contribution is 0.234. The lowest BCUT2D eigenvalue weighted by Gasteiger charge is -2.26. The van der Waals surface area contributed by atoms with E-state index in [0.717, 1.165) is 6.42 Å². The minimum Gasteiger partial charge on any atom is -0.396 e. The van der Waals surface area contributed by atoms with Crippen molar-refractivity contribution >= 4 is 0 Å². The molecule has 0 radical (unpaired) electrons. The van der Waals surface area contributed by atoms with Gasteiger partial charge in [0.1, 0.15) is 0 Å². The van der Waals surface area contributed by atoms with E-state index in [0.29, 0.717) is 18.0 Å². The SMILES string of the molecule is Cc1ccc2c(c1)C(NC(CCO)C(C)C)CC2. The Morgan fingerprint density at radius 2 is 2.17 bits per heavy atom. The first-order chi connectivity index (χ1) is 8.61. The van der Waals surface area contributed by atoms with Crippen LogP contribution in [0.3, 0.4) is 0 Å². The molecule has 1 aromatic carbocycles. The Hall–Kier alpha value is -0.860. The fraction of sp³-hybridized carbons (Fsp3) is 0.625. The summed E-state index contributed by atoms with van der Waals surface area (Å²) >= 11 is 0. The molecule has 2 rings (SSSR count). The molecule has 0 spiro atoms. The topological polar surface area (TPSA) is 32.3 Å². The summed E-state index contributed by atoms with van der Waals surface area (Å²) in [5.41, 5.74) is 4.30. The van der Waals surface area contributed by atoms with Gasteiger partial charge in [0.2, 0.25) is 0 Å². The third kappa shape index (κ3) is 2.93. The highest BCUT2D eigenvalue weighted by atomic mass is 16.3. The highest BCUT2D eigenvalue weighted by Crippen LogP contribution is 2.32. The first-order valence-corrected chi connectivity index (χ1v) is 7.08. The lowest BCUT2D eigenvalue weighted by Crippen LogP contribution is -2.36. The number of aliphatic hydroxyl groups is 1. The number of hydrogen-bond donors (Lipinski definition) is 2. The van der Waals surface area contributed by atoms with Crippen LogP contribution in [0.1, 0.15) is 49.4 Å². The van der Waals surface area contributed by atoms with E-state index < -0.39 is 0 Å². The van der Waals surface area contributed by atoms with Crippen molar-refractivity contribution in [2.24, 2.45) is 5.92 Å². The normalized spacial score (nSPS) is 20.2. The van der Waals surface area contributed by atoms with Crippen molar-refractivity contribution in [2.75, 3.05) is 6.61 Å². The van der Waals surface area contributed by atoms with E-state index in [2.05, 4.69) is 44.3 Å². The van der Waals surface area contributed by atoms with Gasteiger partial charge in [-0.2, -0.15) is 0 Å². The molecule has 1 aromatic rings. The largest absolute Gasteiger partial charge is 0.396 e. The molecule has 0 saturated heterocycles. The highest BCUT2D eigenvalue weighted by molar-refractivity contribution is 5.37. The van der Waals surface area contributed by atoms with E-state index in [1.807, 2.05) is 0 Å². The summed E-state index contributed by atoms with van der Waals surface area (Å²) in [5, 5.41) is 12.9. The van der Waals surface area contributed by atoms with E-state index in [1.54, 1.807) is 0 Å². The molecule has 2 heteroatoms. The Morgan fingerprint density at radius 1 is 1.39 bits per heavy atom. The number of rotatable bonds is 5. The van der Waals surface area contributed by atoms with Gasteiger partial charge in [-0.25, -0.2) is 0 Å². The van der Waals surface area contributed by atoms with Crippen molar-refractivity contribution in [3.05, 3.63) is 34.9 Å². The molecule has 18 heavy (non-hydrogen) atoms. The number of aryl methyl sites for hydroxylation is 2. The zero-order valence-electron chi connectivity index (χ0n) is 11.7. The number of aliphatic hydroxyl groups excluding tert-OH is 1. The molecule has 0 bridgehead atoms. The predicted octanol–water partition coefficient (Wildman–Crippen LogP) is 2.98. The van der Waals surface area contributed by atoms with Crippen LogP contribution in [0.15, 0.2) is 18.2 Å². The van der Waals surface area contributed by atoms with E-state index in [1.165, 1.54) is 29.5 Å². The molecule has 0 aromatic heterocycles. The molecule has 0 saturated carbocycles. The third-order valence-electron chi connectivity index (χ3n) is 4.04. The molecule has 0 fully saturated rings. The third-order valence-corrected chi connectivity index (χ3v) is 4.04. The van der Waals surface area contributed by atoms with Crippen LogP contribution in [0, 0.1) is 12.8 Å². The number of nitrogens with one attached hydrogen (secondary N) is 1. The van der Waals surface area contributed by atoms with Gasteiger partial charge < -0.3 is 10.4 Å². The fourth-order valence-electron chi connectivity index (χ4n) is 2.90. The molecular weight excluding hydrogens is 222 g/mol. The summed E-state index contributed by atoms with van der Waals surface area (Å²) in [7, 11) is 0. The Bertz CT molecular complexity index is 400. The second kappa shape index (κ2) is 5.85. The molecule has 2 N–H and O–H groups in total. The van der Waals surface area contributed by atoms with Crippen molar-refractivity contribution in [2.45, 2.75) is 52.1 Å². The van der Waals surface area contributed by atoms with Gasteiger partial charge >= 0.3 is 0 Å². The van der Waals surface area contributed by atoms with Crippen LogP contribution >= 0.6 is 0 Å². The maximum atomic E-state index is 9.16. The molecular formula is C16H25NO. The van der Waals surface area contributed by atoms with Crippen molar-refractivity contribution in [1.82, 2.24) is 5.32 Å². The van der Waals surface area contributed by atoms with Crippen molar-refractivity contribution in [3.63, 3.8) is 0 Å². The van der Waals surface area contributed by atoms with E-state index in [-0.39, 0.29) is 6.61 Å². The monoisotopic (exact) mass is 247 g/mol. The van der Waals surface area contributed by atoms with Crippen LogP contribution in [0.4, 0.5) is 0 Å². The van der Waals surface area contributed by atoms with Crippen LogP contribution in [0.25, 0.3) is 0 Å². The summed E-state index contributed by atoms with van der Waals surface area (Å²) in [6.07, 6.45) is 3.21. The first kappa shape index (κ1) is 13.6. The average molecular weight is 247 g/mol. The highest BCUT2D eigenvalue weighted by Gasteiger charge is 2.25. The van der Waals surface area contributed by atoms with E-state index in [4.69, 9.17) is 5.11 Å². The molecule has 0 amide bonds. The Labute approximate surface area is 110 Å². The molecule has 2 nitrogen and oxygen atoms in total. The average Bonchev–Trinajstić information content (AvgIpc) is 2.71. The van der Waals surface area contributed by atoms with Crippen molar-refractivity contribution in [3.8, 4) is 0 Å². The fourth-order valence-corrected chi connectivity index (χ4v) is 2.90. The summed E-state index contributed by atoms with van der Waals surface area (Å²) in [5.74, 6) is 0.561. The maximum absolute atomic E-state index is 9.16. The van der Waals surface area contributed by atoms with Gasteiger partial charge in [0.15, 0.2) is 0 Å². The van der Waals surface area contributed by atoms with Gasteiger partial charge in [0.25, 0.3) is 0 Å². The van der Waals surface area contributed by atoms with E-state index >= 15 is 0 Å². The molecule has 0 heterocycles. The summed E-state index contributed by atoms with van der Waals surface area (Å²) in [6, 6.07) is 7.67. The van der Waals surface area contributed by atoms with Gasteiger partial charge in [-0.3, -0.25) is 0 Å². The van der Waals surface area contributed by atoms with E-state index in [9.17, 15) is 0 Å². The molecule has 1 aliphatic rings. The van der Waals surface area contributed by atoms with Gasteiger partial charge in [-0.1, -0.05) is 37.6 Å². The smallest absolute Gasteiger partial charge is 0.0445 e. The summed E-state index contributed by atoms with van der Waals surface area (Å²) < 4.78 is 0. The second-order valence-corrected chi connectivity index (χ2v) is 5.82. The standard InChI is InChI=1S/C16H25NO/c1-11(2)15(8-9-18)17-16-7-6-13-5-4-12(3)10-14(13)16/h4-5,10-11,15-18H,6-9H2,1-3H3. The zero-order valence-corrected chi connectivity index (χ0v) is 11.7. The van der Waals surface area contributed by atoms with Gasteiger partial charge in [0.05, 0.1) is 0 Å². The van der Waals surface area contributed by atoms with Gasteiger partial charge in [-0.15, -0.1) is 0 Å². The van der Waals surface area contributed by atoms with Crippen molar-refractivity contribution < 1.29 is 5.11 Å². The Balaban J connectivity index is 2.10. The van der Waals surface area contributed by atoms with Crippen molar-refractivity contribution in [1.29, 1.82) is 0 Å². The Morgan fingerprint density at radius 3 is 2.83 bits per heavy atom. The molecule has 2 unspecified atom stereocenters. The van der Waals surface area contributed by atoms with Crippen LogP contribution in [-0.2, 0) is 6.42 Å². The first-order valence-electron chi connectivity index (χ1n) is 7.08. The van der Waals surface area contributed by atoms with Gasteiger partial charge in [0, 0.05) is 18.7 Å². The number of hydrogen-bond acceptors (Lipinski definition) is 2. The molecule has 0 aliphatic heterocycles. The number of benzene rings is 1. The van der Waals surface area contributed by atoms with Gasteiger partial charge in [-0.05, 0) is 43.2 Å². The minimum absolute atomic E-state index is 0.267. The van der Waals surface area contributed by atoms with Crippen LogP contribution in [0.5, 0.6) is 0 Å². The lowest BCUT2D eigenvalue weighted by atomic mass is 9.98. The molecule has 100 valence electrons.